The Morgan fingerprint density at radius 2 is 1.84 bits per heavy atom. The van der Waals surface area contributed by atoms with E-state index in [1.165, 1.54) is 30.4 Å². The van der Waals surface area contributed by atoms with Crippen LogP contribution in [0.5, 0.6) is 5.88 Å². The van der Waals surface area contributed by atoms with Crippen molar-refractivity contribution in [3.05, 3.63) is 11.8 Å². The molecule has 2 saturated heterocycles. The zero-order chi connectivity index (χ0) is 33.6. The number of ketones is 1. The number of hydrogen-bond donors (Lipinski definition) is 3. The van der Waals surface area contributed by atoms with Crippen molar-refractivity contribution in [2.45, 2.75) is 85.1 Å². The monoisotopic (exact) mass is 640 g/mol. The van der Waals surface area contributed by atoms with Crippen LogP contribution in [0.2, 0.25) is 0 Å². The lowest BCUT2D eigenvalue weighted by molar-refractivity contribution is -0.176. The average Bonchev–Trinajstić information content (AvgIpc) is 3.41. The maximum absolute atomic E-state index is 14.0. The lowest BCUT2D eigenvalue weighted by Gasteiger charge is -2.38. The van der Waals surface area contributed by atoms with Crippen LogP contribution >= 0.6 is 0 Å². The molecule has 4 amide bonds. The summed E-state index contributed by atoms with van der Waals surface area (Å²) in [5.41, 5.74) is -0.688. The molecule has 45 heavy (non-hydrogen) atoms. The number of nitrogens with zero attached hydrogens (tertiary/aromatic N) is 3. The van der Waals surface area contributed by atoms with Gasteiger partial charge in [-0.1, -0.05) is 41.5 Å². The number of hydrogen-bond acceptors (Lipinski definition) is 7. The van der Waals surface area contributed by atoms with Crippen LogP contribution < -0.4 is 20.7 Å². The molecule has 1 unspecified atom stereocenters. The summed E-state index contributed by atoms with van der Waals surface area (Å²) in [6, 6.07) is -2.09. The first-order chi connectivity index (χ1) is 20.8. The summed E-state index contributed by atoms with van der Waals surface area (Å²) in [4.78, 5) is 66.8. The van der Waals surface area contributed by atoms with Crippen molar-refractivity contribution in [3.8, 4) is 5.88 Å². The molecule has 15 heteroatoms. The Balaban J connectivity index is 1.57. The van der Waals surface area contributed by atoms with Crippen LogP contribution in [0.4, 0.5) is 13.2 Å². The molecule has 6 atom stereocenters. The minimum absolute atomic E-state index is 0.00970. The second kappa shape index (κ2) is 12.3. The van der Waals surface area contributed by atoms with Gasteiger partial charge in [0.15, 0.2) is 12.4 Å². The Labute approximate surface area is 260 Å². The number of likely N-dealkylation sites (tertiary alicyclic amines) is 1. The highest BCUT2D eigenvalue weighted by molar-refractivity contribution is 5.97. The molecule has 3 fully saturated rings. The summed E-state index contributed by atoms with van der Waals surface area (Å²) < 4.78 is 46.7. The van der Waals surface area contributed by atoms with E-state index in [1.54, 1.807) is 13.1 Å². The smallest absolute Gasteiger partial charge is 0.470 e. The van der Waals surface area contributed by atoms with Crippen LogP contribution in [0.1, 0.15) is 60.1 Å². The van der Waals surface area contributed by atoms with Crippen LogP contribution in [0.3, 0.4) is 0 Å². The minimum atomic E-state index is -5.20. The molecule has 3 heterocycles. The SMILES string of the molecule is CCc1cc(OCC(=O)[C@H](C[C@@H]2CCNC2=O)NC(=O)[C@@H]2[C@@H]3[C@H](CN2C(=O)C(NC(=O)C(F)(F)F)C(C)(C)C)C3(C)C)n(C)n1. The third kappa shape index (κ3) is 7.11. The molecule has 1 aromatic heterocycles. The van der Waals surface area contributed by atoms with Gasteiger partial charge in [-0.3, -0.25) is 24.0 Å². The molecule has 0 spiro atoms. The number of aryl methyl sites for hydroxylation is 2. The Hall–Kier alpha value is -3.65. The third-order valence-electron chi connectivity index (χ3n) is 9.41. The highest BCUT2D eigenvalue weighted by Gasteiger charge is 2.70. The number of rotatable bonds is 11. The molecule has 1 aliphatic carbocycles. The number of nitrogens with one attached hydrogen (secondary N) is 3. The van der Waals surface area contributed by atoms with Crippen molar-refractivity contribution >= 4 is 29.4 Å². The molecular formula is C30H43F3N6O6. The number of piperidine rings is 1. The van der Waals surface area contributed by atoms with Gasteiger partial charge in [0, 0.05) is 32.1 Å². The molecule has 12 nitrogen and oxygen atoms in total. The van der Waals surface area contributed by atoms with Gasteiger partial charge in [0.1, 0.15) is 12.1 Å². The van der Waals surface area contributed by atoms with Crippen molar-refractivity contribution in [1.82, 2.24) is 30.6 Å². The van der Waals surface area contributed by atoms with E-state index < -0.39 is 65.7 Å². The predicted octanol–water partition coefficient (Wildman–Crippen LogP) is 1.52. The number of carbonyl (C=O) groups excluding carboxylic acids is 5. The molecule has 1 aromatic rings. The average molecular weight is 641 g/mol. The molecule has 3 aliphatic rings. The van der Waals surface area contributed by atoms with E-state index in [2.05, 4.69) is 15.7 Å². The van der Waals surface area contributed by atoms with Crippen LogP contribution in [0.15, 0.2) is 6.07 Å². The summed E-state index contributed by atoms with van der Waals surface area (Å²) >= 11 is 0. The van der Waals surface area contributed by atoms with Crippen molar-refractivity contribution in [2.24, 2.45) is 35.6 Å². The van der Waals surface area contributed by atoms with Gasteiger partial charge in [-0.05, 0) is 41.9 Å². The van der Waals surface area contributed by atoms with E-state index in [0.717, 1.165) is 5.69 Å². The molecule has 2 aliphatic heterocycles. The molecule has 0 radical (unpaired) electrons. The van der Waals surface area contributed by atoms with Gasteiger partial charge in [-0.25, -0.2) is 4.68 Å². The Morgan fingerprint density at radius 1 is 1.18 bits per heavy atom. The lowest BCUT2D eigenvalue weighted by atomic mass is 9.85. The number of aromatic nitrogens is 2. The van der Waals surface area contributed by atoms with Gasteiger partial charge in [-0.15, -0.1) is 0 Å². The minimum Gasteiger partial charge on any atom is -0.470 e. The number of halogens is 3. The van der Waals surface area contributed by atoms with Gasteiger partial charge in [0.2, 0.25) is 23.6 Å². The number of ether oxygens (including phenoxy) is 1. The van der Waals surface area contributed by atoms with Gasteiger partial charge >= 0.3 is 12.1 Å². The number of fused-ring (bicyclic) bond motifs is 1. The van der Waals surface area contributed by atoms with Crippen LogP contribution in [0, 0.1) is 28.6 Å². The molecule has 250 valence electrons. The third-order valence-corrected chi connectivity index (χ3v) is 9.41. The Kier molecular flexibility index (Phi) is 9.33. The fraction of sp³-hybridized carbons (Fsp3) is 0.733. The molecule has 4 rings (SSSR count). The van der Waals surface area contributed by atoms with E-state index >= 15 is 0 Å². The first-order valence-electron chi connectivity index (χ1n) is 15.2. The van der Waals surface area contributed by atoms with Crippen molar-refractivity contribution in [1.29, 1.82) is 0 Å². The number of alkyl halides is 3. The zero-order valence-electron chi connectivity index (χ0n) is 26.7. The van der Waals surface area contributed by atoms with Crippen LogP contribution in [-0.2, 0) is 37.4 Å². The fourth-order valence-electron chi connectivity index (χ4n) is 6.58. The molecular weight excluding hydrogens is 597 g/mol. The molecule has 0 aromatic carbocycles. The van der Waals surface area contributed by atoms with Crippen LogP contribution in [-0.4, -0.2) is 88.1 Å². The fourth-order valence-corrected chi connectivity index (χ4v) is 6.58. The molecule has 3 N–H and O–H groups in total. The standard InChI is InChI=1S/C30H43F3N6O6/c1-8-16-12-20(38(7)37-16)45-14-19(40)18(11-15-9-10-34-24(15)41)35-25(42)22-21-17(29(21,5)6)13-39(22)26(43)23(28(2,3)4)36-27(44)30(31,32)33/h12,15,17-18,21-23H,8-11,13-14H2,1-7H3,(H,34,41)(H,35,42)(H,36,44)/t15-,17-,18-,21-,22-,23?/m0/s1. The second-order valence-corrected chi connectivity index (χ2v) is 13.9. The summed E-state index contributed by atoms with van der Waals surface area (Å²) in [6.45, 7) is 10.5. The second-order valence-electron chi connectivity index (χ2n) is 13.9. The van der Waals surface area contributed by atoms with Crippen molar-refractivity contribution in [3.63, 3.8) is 0 Å². The van der Waals surface area contributed by atoms with Gasteiger partial charge in [0.05, 0.1) is 11.7 Å². The van der Waals surface area contributed by atoms with Gasteiger partial charge in [0.25, 0.3) is 0 Å². The summed E-state index contributed by atoms with van der Waals surface area (Å²) in [5.74, 6) is -5.04. The quantitative estimate of drug-likeness (QED) is 0.332. The zero-order valence-corrected chi connectivity index (χ0v) is 26.7. The first kappa shape index (κ1) is 34.2. The van der Waals surface area contributed by atoms with E-state index in [1.807, 2.05) is 26.1 Å². The largest absolute Gasteiger partial charge is 0.471 e. The maximum Gasteiger partial charge on any atom is 0.471 e. The summed E-state index contributed by atoms with van der Waals surface area (Å²) in [7, 11) is 1.67. The van der Waals surface area contributed by atoms with E-state index in [9.17, 15) is 37.1 Å². The maximum atomic E-state index is 14.0. The highest BCUT2D eigenvalue weighted by atomic mass is 19.4. The lowest BCUT2D eigenvalue weighted by Crippen LogP contribution is -2.61. The first-order valence-corrected chi connectivity index (χ1v) is 15.2. The number of carbonyl (C=O) groups is 5. The normalized spacial score (nSPS) is 25.2. The Morgan fingerprint density at radius 3 is 2.38 bits per heavy atom. The van der Waals surface area contributed by atoms with Gasteiger partial charge in [-0.2, -0.15) is 18.3 Å². The predicted molar refractivity (Wildman–Crippen MR) is 154 cm³/mol. The summed E-state index contributed by atoms with van der Waals surface area (Å²) in [5, 5.41) is 11.6. The van der Waals surface area contributed by atoms with E-state index in [0.29, 0.717) is 25.3 Å². The van der Waals surface area contributed by atoms with E-state index in [-0.39, 0.29) is 36.1 Å². The van der Waals surface area contributed by atoms with E-state index in [4.69, 9.17) is 4.74 Å². The van der Waals surface area contributed by atoms with Gasteiger partial charge < -0.3 is 25.6 Å². The van der Waals surface area contributed by atoms with Crippen molar-refractivity contribution in [2.75, 3.05) is 19.7 Å². The highest BCUT2D eigenvalue weighted by Crippen LogP contribution is 2.65. The number of Topliss-reactive ketones (excluding diaryl/α,β-unsaturated/α-hetero) is 1. The van der Waals surface area contributed by atoms with Crippen molar-refractivity contribution < 1.29 is 41.9 Å². The molecule has 1 saturated carbocycles. The summed E-state index contributed by atoms with van der Waals surface area (Å²) in [6.07, 6.45) is -4.06. The topological polar surface area (TPSA) is 152 Å². The molecule has 0 bridgehead atoms. The van der Waals surface area contributed by atoms with Crippen LogP contribution in [0.25, 0.3) is 0 Å². The Bertz CT molecular complexity index is 1350. The number of amides is 4.